The number of amides is 3. The van der Waals surface area contributed by atoms with Crippen LogP contribution >= 0.6 is 11.8 Å². The topological polar surface area (TPSA) is 120 Å². The number of thioether (sulfide) groups is 1. The first-order valence-electron chi connectivity index (χ1n) is 12.0. The smallest absolute Gasteiger partial charge is 0.269 e. The van der Waals surface area contributed by atoms with Gasteiger partial charge in [0, 0.05) is 37.4 Å². The molecule has 0 aliphatic carbocycles. The van der Waals surface area contributed by atoms with Crippen molar-refractivity contribution in [2.24, 2.45) is 5.73 Å². The predicted octanol–water partition coefficient (Wildman–Crippen LogP) is 1.54. The second-order valence-corrected chi connectivity index (χ2v) is 9.58. The van der Waals surface area contributed by atoms with E-state index in [0.717, 1.165) is 31.7 Å². The third-order valence-electron chi connectivity index (χ3n) is 5.92. The van der Waals surface area contributed by atoms with Gasteiger partial charge in [-0.25, -0.2) is 0 Å². The van der Waals surface area contributed by atoms with E-state index in [-0.39, 0.29) is 23.4 Å². The highest BCUT2D eigenvalue weighted by atomic mass is 32.2. The monoisotopic (exact) mass is 488 g/mol. The number of nitrogens with one attached hydrogen (secondary N) is 3. The van der Waals surface area contributed by atoms with Crippen molar-refractivity contribution >= 4 is 35.2 Å². The number of hydrogen-bond acceptors (Lipinski definition) is 7. The van der Waals surface area contributed by atoms with Gasteiger partial charge in [-0.2, -0.15) is 0 Å². The van der Waals surface area contributed by atoms with Crippen molar-refractivity contribution < 1.29 is 14.4 Å². The molecule has 2 fully saturated rings. The van der Waals surface area contributed by atoms with Gasteiger partial charge >= 0.3 is 0 Å². The van der Waals surface area contributed by atoms with Gasteiger partial charge in [-0.3, -0.25) is 14.4 Å². The number of benzene rings is 1. The Morgan fingerprint density at radius 3 is 2.65 bits per heavy atom. The number of carbonyl (C=O) groups excluding carboxylic acids is 3. The molecule has 0 aromatic heterocycles. The summed E-state index contributed by atoms with van der Waals surface area (Å²) in [4.78, 5) is 41.5. The molecule has 3 amide bonds. The Bertz CT molecular complexity index is 916. The van der Waals surface area contributed by atoms with E-state index in [2.05, 4.69) is 20.9 Å². The zero-order valence-electron chi connectivity index (χ0n) is 20.1. The molecule has 10 heteroatoms. The van der Waals surface area contributed by atoms with Gasteiger partial charge < -0.3 is 31.5 Å². The summed E-state index contributed by atoms with van der Waals surface area (Å²) < 4.78 is 0. The molecule has 0 bridgehead atoms. The minimum Gasteiger partial charge on any atom is -0.392 e. The summed E-state index contributed by atoms with van der Waals surface area (Å²) in [7, 11) is 0. The van der Waals surface area contributed by atoms with Gasteiger partial charge in [0.25, 0.3) is 11.8 Å². The lowest BCUT2D eigenvalue weighted by molar-refractivity contribution is -0.127. The SMILES string of the molecule is CCNC(=O)/C(N)=C1\S[C@H](CNc2cccc(C(=O)NCCCN3CCCC3)c2)C(=O)N1CC. The minimum absolute atomic E-state index is 0.0629. The first-order chi connectivity index (χ1) is 16.4. The standard InChI is InChI=1S/C24H36N6O3S/c1-3-26-22(32)20(25)24-30(4-2)23(33)19(34-24)16-28-18-10-7-9-17(15-18)21(31)27-11-8-14-29-12-5-6-13-29/h7,9-10,15,19,28H,3-6,8,11-14,16,25H2,1-2H3,(H,26,32)(H,27,31)/b24-20+/t19-/m1/s1. The number of likely N-dealkylation sites (tertiary alicyclic amines) is 1. The van der Waals surface area contributed by atoms with Crippen molar-refractivity contribution in [3.63, 3.8) is 0 Å². The van der Waals surface area contributed by atoms with Crippen molar-refractivity contribution in [3.8, 4) is 0 Å². The second kappa shape index (κ2) is 12.7. The van der Waals surface area contributed by atoms with Gasteiger partial charge in [-0.05, 0) is 70.9 Å². The molecule has 2 aliphatic heterocycles. The summed E-state index contributed by atoms with van der Waals surface area (Å²) in [6.07, 6.45) is 3.48. The third-order valence-corrected chi connectivity index (χ3v) is 7.24. The quantitative estimate of drug-likeness (QED) is 0.276. The minimum atomic E-state index is -0.411. The lowest BCUT2D eigenvalue weighted by Crippen LogP contribution is -2.35. The summed E-state index contributed by atoms with van der Waals surface area (Å²) >= 11 is 1.29. The first kappa shape index (κ1) is 25.9. The Kier molecular flexibility index (Phi) is 9.64. The summed E-state index contributed by atoms with van der Waals surface area (Å²) in [5.41, 5.74) is 7.43. The number of nitrogens with zero attached hydrogens (tertiary/aromatic N) is 2. The molecule has 0 spiro atoms. The number of hydrogen-bond donors (Lipinski definition) is 4. The number of nitrogens with two attached hydrogens (primary N) is 1. The van der Waals surface area contributed by atoms with Gasteiger partial charge in [0.2, 0.25) is 5.91 Å². The van der Waals surface area contributed by atoms with Crippen LogP contribution in [-0.4, -0.2) is 78.6 Å². The fourth-order valence-corrected chi connectivity index (χ4v) is 5.34. The summed E-state index contributed by atoms with van der Waals surface area (Å²) in [5, 5.41) is 9.00. The second-order valence-electron chi connectivity index (χ2n) is 8.39. The number of rotatable bonds is 11. The van der Waals surface area contributed by atoms with Gasteiger partial charge in [0.1, 0.15) is 16.0 Å². The van der Waals surface area contributed by atoms with Crippen LogP contribution in [0.25, 0.3) is 0 Å². The van der Waals surface area contributed by atoms with Crippen LogP contribution in [0.3, 0.4) is 0 Å². The molecule has 34 heavy (non-hydrogen) atoms. The Labute approximate surface area is 205 Å². The van der Waals surface area contributed by atoms with Crippen molar-refractivity contribution in [3.05, 3.63) is 40.6 Å². The van der Waals surface area contributed by atoms with Crippen molar-refractivity contribution in [1.29, 1.82) is 0 Å². The van der Waals surface area contributed by atoms with E-state index in [1.807, 2.05) is 26.0 Å². The zero-order chi connectivity index (χ0) is 24.5. The molecule has 2 heterocycles. The van der Waals surface area contributed by atoms with Crippen LogP contribution < -0.4 is 21.7 Å². The van der Waals surface area contributed by atoms with Gasteiger partial charge in [-0.1, -0.05) is 17.8 Å². The van der Waals surface area contributed by atoms with E-state index in [0.29, 0.717) is 36.8 Å². The van der Waals surface area contributed by atoms with E-state index in [1.54, 1.807) is 17.0 Å². The molecule has 186 valence electrons. The average Bonchev–Trinajstić information content (AvgIpc) is 3.47. The molecule has 0 saturated carbocycles. The Hall–Kier alpha value is -2.72. The van der Waals surface area contributed by atoms with E-state index in [9.17, 15) is 14.4 Å². The number of anilines is 1. The van der Waals surface area contributed by atoms with Crippen LogP contribution in [-0.2, 0) is 9.59 Å². The molecule has 2 aliphatic rings. The molecule has 0 unspecified atom stereocenters. The average molecular weight is 489 g/mol. The predicted molar refractivity (Wildman–Crippen MR) is 136 cm³/mol. The highest BCUT2D eigenvalue weighted by Crippen LogP contribution is 2.36. The molecular weight excluding hydrogens is 452 g/mol. The van der Waals surface area contributed by atoms with Crippen molar-refractivity contribution in [2.75, 3.05) is 51.1 Å². The molecule has 0 radical (unpaired) electrons. The molecule has 1 aromatic rings. The third kappa shape index (κ3) is 6.66. The maximum absolute atomic E-state index is 12.8. The molecular formula is C24H36N6O3S. The van der Waals surface area contributed by atoms with Gasteiger partial charge in [0.15, 0.2) is 0 Å². The van der Waals surface area contributed by atoms with Crippen LogP contribution in [0.5, 0.6) is 0 Å². The summed E-state index contributed by atoms with van der Waals surface area (Å²) in [5.74, 6) is -0.563. The van der Waals surface area contributed by atoms with Crippen molar-refractivity contribution in [1.82, 2.24) is 20.4 Å². The highest BCUT2D eigenvalue weighted by molar-refractivity contribution is 8.04. The maximum atomic E-state index is 12.8. The van der Waals surface area contributed by atoms with E-state index >= 15 is 0 Å². The molecule has 1 aromatic carbocycles. The molecule has 1 atom stereocenters. The summed E-state index contributed by atoms with van der Waals surface area (Å²) in [6.45, 7) is 8.91. The summed E-state index contributed by atoms with van der Waals surface area (Å²) in [6, 6.07) is 7.26. The van der Waals surface area contributed by atoms with Crippen molar-refractivity contribution in [2.45, 2.75) is 38.4 Å². The first-order valence-corrected chi connectivity index (χ1v) is 12.9. The molecule has 2 saturated heterocycles. The Balaban J connectivity index is 1.53. The normalized spacial score (nSPS) is 19.9. The van der Waals surface area contributed by atoms with Gasteiger partial charge in [-0.15, -0.1) is 0 Å². The van der Waals surface area contributed by atoms with Crippen LogP contribution in [0.1, 0.15) is 43.5 Å². The molecule has 3 rings (SSSR count). The number of likely N-dealkylation sites (N-methyl/N-ethyl adjacent to an activating group) is 1. The lowest BCUT2D eigenvalue weighted by Gasteiger charge is -2.16. The maximum Gasteiger partial charge on any atom is 0.269 e. The lowest BCUT2D eigenvalue weighted by atomic mass is 10.2. The fourth-order valence-electron chi connectivity index (χ4n) is 4.11. The Morgan fingerprint density at radius 2 is 1.94 bits per heavy atom. The van der Waals surface area contributed by atoms with E-state index in [4.69, 9.17) is 5.73 Å². The van der Waals surface area contributed by atoms with Crippen LogP contribution in [0.15, 0.2) is 35.0 Å². The molecule has 5 N–H and O–H groups in total. The van der Waals surface area contributed by atoms with Crippen LogP contribution in [0.2, 0.25) is 0 Å². The number of carbonyl (C=O) groups is 3. The van der Waals surface area contributed by atoms with E-state index in [1.165, 1.54) is 24.6 Å². The Morgan fingerprint density at radius 1 is 1.18 bits per heavy atom. The molecule has 9 nitrogen and oxygen atoms in total. The van der Waals surface area contributed by atoms with Crippen LogP contribution in [0, 0.1) is 0 Å². The van der Waals surface area contributed by atoms with Gasteiger partial charge in [0.05, 0.1) is 0 Å². The van der Waals surface area contributed by atoms with E-state index < -0.39 is 5.25 Å². The largest absolute Gasteiger partial charge is 0.392 e. The fraction of sp³-hybridized carbons (Fsp3) is 0.542. The van der Waals surface area contributed by atoms with Crippen LogP contribution in [0.4, 0.5) is 5.69 Å². The zero-order valence-corrected chi connectivity index (χ0v) is 20.9. The highest BCUT2D eigenvalue weighted by Gasteiger charge is 2.38.